The standard InChI is InChI=1S/C23H28N2O4/c1-5-17-8-6-7-15(2)22(17)24-23(27)18-12-21(26)25(14-18)13-16-9-10-19(28-3)20(11-16)29-4/h6-11,18H,5,12-14H2,1-4H3,(H,24,27). The molecular weight excluding hydrogens is 368 g/mol. The number of carbonyl (C=O) groups is 2. The fourth-order valence-electron chi connectivity index (χ4n) is 3.73. The summed E-state index contributed by atoms with van der Waals surface area (Å²) in [4.78, 5) is 27.1. The van der Waals surface area contributed by atoms with Crippen molar-refractivity contribution in [3.8, 4) is 11.5 Å². The molecule has 0 aliphatic carbocycles. The molecule has 0 aromatic heterocycles. The van der Waals surface area contributed by atoms with Crippen molar-refractivity contribution in [2.75, 3.05) is 26.1 Å². The molecule has 1 N–H and O–H groups in total. The zero-order chi connectivity index (χ0) is 21.0. The molecule has 1 fully saturated rings. The number of nitrogens with one attached hydrogen (secondary N) is 1. The topological polar surface area (TPSA) is 67.9 Å². The number of para-hydroxylation sites is 1. The Bertz CT molecular complexity index is 910. The SMILES string of the molecule is CCc1cccc(C)c1NC(=O)C1CC(=O)N(Cc2ccc(OC)c(OC)c2)C1. The van der Waals surface area contributed by atoms with Crippen LogP contribution in [0.1, 0.15) is 30.0 Å². The van der Waals surface area contributed by atoms with Gasteiger partial charge in [-0.2, -0.15) is 0 Å². The first-order valence-electron chi connectivity index (χ1n) is 9.84. The van der Waals surface area contributed by atoms with Gasteiger partial charge in [-0.15, -0.1) is 0 Å². The van der Waals surface area contributed by atoms with Gasteiger partial charge in [0.15, 0.2) is 11.5 Å². The first kappa shape index (κ1) is 20.7. The fraction of sp³-hybridized carbons (Fsp3) is 0.391. The smallest absolute Gasteiger partial charge is 0.229 e. The monoisotopic (exact) mass is 396 g/mol. The Morgan fingerprint density at radius 2 is 1.93 bits per heavy atom. The highest BCUT2D eigenvalue weighted by Crippen LogP contribution is 2.30. The lowest BCUT2D eigenvalue weighted by molar-refractivity contribution is -0.128. The molecule has 6 nitrogen and oxygen atoms in total. The summed E-state index contributed by atoms with van der Waals surface area (Å²) in [6.45, 7) is 4.90. The van der Waals surface area contributed by atoms with Crippen LogP contribution in [0, 0.1) is 12.8 Å². The maximum atomic E-state index is 12.8. The van der Waals surface area contributed by atoms with E-state index in [2.05, 4.69) is 12.2 Å². The van der Waals surface area contributed by atoms with Crippen molar-refractivity contribution in [2.45, 2.75) is 33.2 Å². The average molecular weight is 396 g/mol. The van der Waals surface area contributed by atoms with Crippen molar-refractivity contribution in [1.82, 2.24) is 4.90 Å². The number of anilines is 1. The van der Waals surface area contributed by atoms with E-state index in [1.54, 1.807) is 19.1 Å². The molecule has 1 heterocycles. The lowest BCUT2D eigenvalue weighted by Gasteiger charge is -2.18. The summed E-state index contributed by atoms with van der Waals surface area (Å²) < 4.78 is 10.6. The zero-order valence-corrected chi connectivity index (χ0v) is 17.5. The van der Waals surface area contributed by atoms with Crippen molar-refractivity contribution < 1.29 is 19.1 Å². The van der Waals surface area contributed by atoms with Crippen molar-refractivity contribution in [3.05, 3.63) is 53.1 Å². The zero-order valence-electron chi connectivity index (χ0n) is 17.5. The predicted molar refractivity (Wildman–Crippen MR) is 112 cm³/mol. The molecule has 6 heteroatoms. The highest BCUT2D eigenvalue weighted by molar-refractivity contribution is 5.98. The van der Waals surface area contributed by atoms with Crippen LogP contribution in [0.4, 0.5) is 5.69 Å². The van der Waals surface area contributed by atoms with Crippen LogP contribution in [-0.4, -0.2) is 37.5 Å². The number of ether oxygens (including phenoxy) is 2. The number of carbonyl (C=O) groups excluding carboxylic acids is 2. The Morgan fingerprint density at radius 1 is 1.17 bits per heavy atom. The van der Waals surface area contributed by atoms with Gasteiger partial charge in [0.1, 0.15) is 0 Å². The maximum absolute atomic E-state index is 12.8. The number of amides is 2. The number of benzene rings is 2. The summed E-state index contributed by atoms with van der Waals surface area (Å²) in [5, 5.41) is 3.06. The second-order valence-corrected chi connectivity index (χ2v) is 7.32. The second kappa shape index (κ2) is 8.99. The molecule has 2 aromatic rings. The van der Waals surface area contributed by atoms with E-state index in [1.165, 1.54) is 0 Å². The molecule has 1 unspecified atom stereocenters. The molecule has 29 heavy (non-hydrogen) atoms. The van der Waals surface area contributed by atoms with Gasteiger partial charge in [0.05, 0.1) is 20.1 Å². The van der Waals surface area contributed by atoms with E-state index >= 15 is 0 Å². The summed E-state index contributed by atoms with van der Waals surface area (Å²) in [7, 11) is 3.17. The minimum atomic E-state index is -0.355. The van der Waals surface area contributed by atoms with Crippen LogP contribution in [0.25, 0.3) is 0 Å². The van der Waals surface area contributed by atoms with E-state index in [-0.39, 0.29) is 24.2 Å². The van der Waals surface area contributed by atoms with Gasteiger partial charge in [0, 0.05) is 25.2 Å². The van der Waals surface area contributed by atoms with E-state index in [9.17, 15) is 9.59 Å². The molecule has 3 rings (SSSR count). The number of aryl methyl sites for hydroxylation is 2. The summed E-state index contributed by atoms with van der Waals surface area (Å²) in [6.07, 6.45) is 1.07. The first-order valence-corrected chi connectivity index (χ1v) is 9.84. The average Bonchev–Trinajstić information content (AvgIpc) is 3.09. The van der Waals surface area contributed by atoms with E-state index in [1.807, 2.05) is 43.3 Å². The Balaban J connectivity index is 1.68. The van der Waals surface area contributed by atoms with Crippen molar-refractivity contribution in [3.63, 3.8) is 0 Å². The molecule has 0 spiro atoms. The van der Waals surface area contributed by atoms with Crippen LogP contribution in [0.3, 0.4) is 0 Å². The van der Waals surface area contributed by atoms with Crippen LogP contribution in [0.15, 0.2) is 36.4 Å². The number of nitrogens with zero attached hydrogens (tertiary/aromatic N) is 1. The van der Waals surface area contributed by atoms with Crippen molar-refractivity contribution in [1.29, 1.82) is 0 Å². The molecular formula is C23H28N2O4. The summed E-state index contributed by atoms with van der Waals surface area (Å²) in [5.74, 6) is 0.799. The maximum Gasteiger partial charge on any atom is 0.229 e. The van der Waals surface area contributed by atoms with E-state index in [0.29, 0.717) is 24.6 Å². The highest BCUT2D eigenvalue weighted by atomic mass is 16.5. The van der Waals surface area contributed by atoms with Crippen LogP contribution in [0.5, 0.6) is 11.5 Å². The van der Waals surface area contributed by atoms with Crippen LogP contribution in [0.2, 0.25) is 0 Å². The molecule has 1 atom stereocenters. The summed E-state index contributed by atoms with van der Waals surface area (Å²) in [6, 6.07) is 11.6. The van der Waals surface area contributed by atoms with E-state index < -0.39 is 0 Å². The minimum absolute atomic E-state index is 0.0135. The lowest BCUT2D eigenvalue weighted by atomic mass is 10.0. The number of methoxy groups -OCH3 is 2. The van der Waals surface area contributed by atoms with Crippen LogP contribution in [-0.2, 0) is 22.6 Å². The third kappa shape index (κ3) is 4.53. The van der Waals surface area contributed by atoms with Gasteiger partial charge in [0.2, 0.25) is 11.8 Å². The number of likely N-dealkylation sites (tertiary alicyclic amines) is 1. The molecule has 2 amide bonds. The number of hydrogen-bond donors (Lipinski definition) is 1. The van der Waals surface area contributed by atoms with Crippen molar-refractivity contribution in [2.24, 2.45) is 5.92 Å². The van der Waals surface area contributed by atoms with Crippen LogP contribution < -0.4 is 14.8 Å². The van der Waals surface area contributed by atoms with E-state index in [0.717, 1.165) is 28.8 Å². The Labute approximate surface area is 171 Å². The number of hydrogen-bond acceptors (Lipinski definition) is 4. The predicted octanol–water partition coefficient (Wildman–Crippen LogP) is 3.56. The molecule has 1 aliphatic heterocycles. The normalized spacial score (nSPS) is 16.1. The van der Waals surface area contributed by atoms with Crippen molar-refractivity contribution >= 4 is 17.5 Å². The van der Waals surface area contributed by atoms with Gasteiger partial charge in [0.25, 0.3) is 0 Å². The molecule has 0 saturated carbocycles. The number of rotatable bonds is 7. The van der Waals surface area contributed by atoms with Gasteiger partial charge < -0.3 is 19.7 Å². The Kier molecular flexibility index (Phi) is 6.42. The molecule has 1 aliphatic rings. The van der Waals surface area contributed by atoms with Gasteiger partial charge in [-0.25, -0.2) is 0 Å². The molecule has 1 saturated heterocycles. The van der Waals surface area contributed by atoms with Gasteiger partial charge in [-0.05, 0) is 42.2 Å². The van der Waals surface area contributed by atoms with Gasteiger partial charge >= 0.3 is 0 Å². The highest BCUT2D eigenvalue weighted by Gasteiger charge is 2.34. The van der Waals surface area contributed by atoms with Gasteiger partial charge in [-0.1, -0.05) is 31.2 Å². The quantitative estimate of drug-likeness (QED) is 0.777. The molecule has 2 aromatic carbocycles. The Hall–Kier alpha value is -3.02. The largest absolute Gasteiger partial charge is 0.493 e. The first-order chi connectivity index (χ1) is 14.0. The molecule has 0 radical (unpaired) electrons. The fourth-order valence-corrected chi connectivity index (χ4v) is 3.73. The third-order valence-corrected chi connectivity index (χ3v) is 5.39. The summed E-state index contributed by atoms with van der Waals surface area (Å²) in [5.41, 5.74) is 3.93. The Morgan fingerprint density at radius 3 is 2.62 bits per heavy atom. The van der Waals surface area contributed by atoms with E-state index in [4.69, 9.17) is 9.47 Å². The summed E-state index contributed by atoms with van der Waals surface area (Å²) >= 11 is 0. The van der Waals surface area contributed by atoms with Gasteiger partial charge in [-0.3, -0.25) is 9.59 Å². The molecule has 0 bridgehead atoms. The second-order valence-electron chi connectivity index (χ2n) is 7.32. The minimum Gasteiger partial charge on any atom is -0.493 e. The van der Waals surface area contributed by atoms with Crippen LogP contribution >= 0.6 is 0 Å². The lowest BCUT2D eigenvalue weighted by Crippen LogP contribution is -2.28. The third-order valence-electron chi connectivity index (χ3n) is 5.39. The molecule has 154 valence electrons.